The number of fused-ring (bicyclic) bond motifs is 1. The van der Waals surface area contributed by atoms with E-state index in [0.29, 0.717) is 17.4 Å². The second-order valence-electron chi connectivity index (χ2n) is 5.71. The quantitative estimate of drug-likeness (QED) is 0.677. The number of carbonyl (C=O) groups excluding carboxylic acids is 2. The number of esters is 1. The number of halogens is 1. The van der Waals surface area contributed by atoms with E-state index in [9.17, 15) is 14.0 Å². The molecule has 7 heteroatoms. The third kappa shape index (κ3) is 4.58. The maximum Gasteiger partial charge on any atom is 0.356 e. The second kappa shape index (κ2) is 8.27. The minimum atomic E-state index is -0.653. The zero-order valence-corrected chi connectivity index (χ0v) is 14.6. The van der Waals surface area contributed by atoms with Crippen LogP contribution in [-0.4, -0.2) is 30.6 Å². The Morgan fingerprint density at radius 2 is 1.89 bits per heavy atom. The van der Waals surface area contributed by atoms with Crippen molar-refractivity contribution in [3.63, 3.8) is 0 Å². The van der Waals surface area contributed by atoms with Crippen molar-refractivity contribution in [2.75, 3.05) is 13.7 Å². The first-order chi connectivity index (χ1) is 13.1. The van der Waals surface area contributed by atoms with Gasteiger partial charge in [-0.3, -0.25) is 4.79 Å². The van der Waals surface area contributed by atoms with Crippen LogP contribution in [-0.2, 0) is 16.1 Å². The lowest BCUT2D eigenvalue weighted by Crippen LogP contribution is -2.28. The van der Waals surface area contributed by atoms with Crippen LogP contribution >= 0.6 is 0 Å². The average Bonchev–Trinajstić information content (AvgIpc) is 2.70. The summed E-state index contributed by atoms with van der Waals surface area (Å²) in [5, 5.41) is 3.09. The van der Waals surface area contributed by atoms with Gasteiger partial charge in [-0.15, -0.1) is 0 Å². The monoisotopic (exact) mass is 368 g/mol. The first-order valence-electron chi connectivity index (χ1n) is 8.19. The Morgan fingerprint density at radius 1 is 1.11 bits per heavy atom. The molecule has 1 N–H and O–H groups in total. The predicted molar refractivity (Wildman–Crippen MR) is 96.8 cm³/mol. The molecule has 0 saturated heterocycles. The highest BCUT2D eigenvalue weighted by Crippen LogP contribution is 2.26. The summed E-state index contributed by atoms with van der Waals surface area (Å²) in [5.74, 6) is -1.30. The first kappa shape index (κ1) is 18.3. The van der Waals surface area contributed by atoms with Crippen molar-refractivity contribution < 1.29 is 23.5 Å². The highest BCUT2D eigenvalue weighted by Gasteiger charge is 2.15. The molecular formula is C20H17FN2O4. The van der Waals surface area contributed by atoms with Crippen molar-refractivity contribution in [1.82, 2.24) is 10.3 Å². The van der Waals surface area contributed by atoms with Crippen molar-refractivity contribution >= 4 is 22.8 Å². The molecule has 0 aliphatic carbocycles. The molecule has 3 aromatic rings. The van der Waals surface area contributed by atoms with E-state index in [1.54, 1.807) is 0 Å². The Labute approximate surface area is 154 Å². The van der Waals surface area contributed by atoms with Gasteiger partial charge in [-0.05, 0) is 23.8 Å². The van der Waals surface area contributed by atoms with E-state index in [1.807, 2.05) is 30.3 Å². The lowest BCUT2D eigenvalue weighted by atomic mass is 10.1. The Bertz CT molecular complexity index is 976. The van der Waals surface area contributed by atoms with Crippen LogP contribution in [0.1, 0.15) is 16.1 Å². The molecule has 0 unspecified atom stereocenters. The summed E-state index contributed by atoms with van der Waals surface area (Å²) in [7, 11) is 1.23. The third-order valence-electron chi connectivity index (χ3n) is 3.82. The number of carbonyl (C=O) groups is 2. The molecule has 0 saturated carbocycles. The number of aromatic nitrogens is 1. The lowest BCUT2D eigenvalue weighted by Gasteiger charge is -2.11. The number of hydrogen-bond acceptors (Lipinski definition) is 5. The summed E-state index contributed by atoms with van der Waals surface area (Å²) < 4.78 is 23.8. The fourth-order valence-corrected chi connectivity index (χ4v) is 2.49. The highest BCUT2D eigenvalue weighted by molar-refractivity contribution is 5.94. The van der Waals surface area contributed by atoms with Crippen LogP contribution in [0.4, 0.5) is 4.39 Å². The van der Waals surface area contributed by atoms with E-state index < -0.39 is 11.8 Å². The summed E-state index contributed by atoms with van der Waals surface area (Å²) in [4.78, 5) is 28.0. The molecule has 0 spiro atoms. The molecule has 0 aliphatic heterocycles. The molecule has 1 heterocycles. The van der Waals surface area contributed by atoms with Gasteiger partial charge in [-0.25, -0.2) is 14.2 Å². The van der Waals surface area contributed by atoms with Crippen LogP contribution in [0.25, 0.3) is 10.9 Å². The standard InChI is InChI=1S/C20H17FN2O4/c1-26-20(25)17-10-18(15-9-14(21)7-8-16(15)23-17)27-12-19(24)22-11-13-5-3-2-4-6-13/h2-10H,11-12H2,1H3,(H,22,24). The predicted octanol–water partition coefficient (Wildman–Crippen LogP) is 2.86. The van der Waals surface area contributed by atoms with Gasteiger partial charge in [0.25, 0.3) is 5.91 Å². The van der Waals surface area contributed by atoms with E-state index in [4.69, 9.17) is 4.74 Å². The molecule has 2 aromatic carbocycles. The number of nitrogens with zero attached hydrogens (tertiary/aromatic N) is 1. The molecule has 0 bridgehead atoms. The fourth-order valence-electron chi connectivity index (χ4n) is 2.49. The van der Waals surface area contributed by atoms with Crippen molar-refractivity contribution in [3.05, 3.63) is 71.7 Å². The van der Waals surface area contributed by atoms with E-state index in [2.05, 4.69) is 15.0 Å². The highest BCUT2D eigenvalue weighted by atomic mass is 19.1. The summed E-state index contributed by atoms with van der Waals surface area (Å²) in [6.07, 6.45) is 0. The van der Waals surface area contributed by atoms with E-state index in [1.165, 1.54) is 31.4 Å². The normalized spacial score (nSPS) is 10.4. The number of nitrogens with one attached hydrogen (secondary N) is 1. The van der Waals surface area contributed by atoms with Crippen LogP contribution in [0.15, 0.2) is 54.6 Å². The maximum atomic E-state index is 13.6. The summed E-state index contributed by atoms with van der Waals surface area (Å²) in [6.45, 7) is 0.0746. The number of amides is 1. The molecule has 3 rings (SSSR count). The maximum absolute atomic E-state index is 13.6. The van der Waals surface area contributed by atoms with E-state index in [0.717, 1.165) is 5.56 Å². The molecule has 0 fully saturated rings. The Balaban J connectivity index is 1.75. The fraction of sp³-hybridized carbons (Fsp3) is 0.150. The lowest BCUT2D eigenvalue weighted by molar-refractivity contribution is -0.123. The number of pyridine rings is 1. The minimum Gasteiger partial charge on any atom is -0.483 e. The van der Waals surface area contributed by atoms with Crippen molar-refractivity contribution in [1.29, 1.82) is 0 Å². The molecule has 27 heavy (non-hydrogen) atoms. The van der Waals surface area contributed by atoms with Gasteiger partial charge in [-0.1, -0.05) is 30.3 Å². The topological polar surface area (TPSA) is 77.5 Å². The van der Waals surface area contributed by atoms with Gasteiger partial charge in [-0.2, -0.15) is 0 Å². The van der Waals surface area contributed by atoms with Crippen LogP contribution < -0.4 is 10.1 Å². The number of rotatable bonds is 6. The van der Waals surface area contributed by atoms with Crippen LogP contribution in [0.3, 0.4) is 0 Å². The van der Waals surface area contributed by atoms with Gasteiger partial charge in [0, 0.05) is 18.0 Å². The zero-order valence-electron chi connectivity index (χ0n) is 14.6. The molecule has 6 nitrogen and oxygen atoms in total. The molecule has 0 aliphatic rings. The number of benzene rings is 2. The van der Waals surface area contributed by atoms with Gasteiger partial charge in [0.1, 0.15) is 11.6 Å². The van der Waals surface area contributed by atoms with Crippen molar-refractivity contribution in [2.24, 2.45) is 0 Å². The average molecular weight is 368 g/mol. The molecular weight excluding hydrogens is 351 g/mol. The van der Waals surface area contributed by atoms with Crippen LogP contribution in [0, 0.1) is 5.82 Å². The summed E-state index contributed by atoms with van der Waals surface area (Å²) >= 11 is 0. The van der Waals surface area contributed by atoms with Gasteiger partial charge in [0.05, 0.1) is 12.6 Å². The second-order valence-corrected chi connectivity index (χ2v) is 5.71. The zero-order chi connectivity index (χ0) is 19.2. The first-order valence-corrected chi connectivity index (χ1v) is 8.19. The Morgan fingerprint density at radius 3 is 2.63 bits per heavy atom. The Kier molecular flexibility index (Phi) is 5.61. The minimum absolute atomic E-state index is 0.0105. The van der Waals surface area contributed by atoms with E-state index in [-0.39, 0.29) is 24.0 Å². The number of ether oxygens (including phenoxy) is 2. The molecule has 1 aromatic heterocycles. The Hall–Kier alpha value is -3.48. The smallest absolute Gasteiger partial charge is 0.356 e. The number of methoxy groups -OCH3 is 1. The summed E-state index contributed by atoms with van der Waals surface area (Å²) in [5.41, 5.74) is 1.32. The molecule has 138 valence electrons. The van der Waals surface area contributed by atoms with E-state index >= 15 is 0 Å². The van der Waals surface area contributed by atoms with Crippen molar-refractivity contribution in [3.8, 4) is 5.75 Å². The SMILES string of the molecule is COC(=O)c1cc(OCC(=O)NCc2ccccc2)c2cc(F)ccc2n1. The third-order valence-corrected chi connectivity index (χ3v) is 3.82. The molecule has 0 radical (unpaired) electrons. The van der Waals surface area contributed by atoms with Gasteiger partial charge >= 0.3 is 5.97 Å². The van der Waals surface area contributed by atoms with Gasteiger partial charge in [0.2, 0.25) is 0 Å². The molecule has 0 atom stereocenters. The molecule has 1 amide bonds. The van der Waals surface area contributed by atoms with Crippen LogP contribution in [0.2, 0.25) is 0 Å². The largest absolute Gasteiger partial charge is 0.483 e. The van der Waals surface area contributed by atoms with Gasteiger partial charge in [0.15, 0.2) is 12.3 Å². The number of hydrogen-bond donors (Lipinski definition) is 1. The van der Waals surface area contributed by atoms with Gasteiger partial charge < -0.3 is 14.8 Å². The van der Waals surface area contributed by atoms with Crippen molar-refractivity contribution in [2.45, 2.75) is 6.54 Å². The van der Waals surface area contributed by atoms with Crippen LogP contribution in [0.5, 0.6) is 5.75 Å². The summed E-state index contributed by atoms with van der Waals surface area (Å²) in [6, 6.07) is 14.7.